The molecule has 1 aliphatic rings. The topological polar surface area (TPSA) is 79.5 Å². The number of hydrogen-bond acceptors (Lipinski definition) is 7. The van der Waals surface area contributed by atoms with Crippen LogP contribution in [-0.2, 0) is 9.84 Å². The molecule has 2 N–H and O–H groups in total. The Morgan fingerprint density at radius 1 is 1.40 bits per heavy atom. The maximum Gasteiger partial charge on any atom is 0.184 e. The van der Waals surface area contributed by atoms with Crippen LogP contribution in [0.1, 0.15) is 20.8 Å². The quantitative estimate of drug-likeness (QED) is 0.897. The molecule has 0 unspecified atom stereocenters. The molecule has 20 heavy (non-hydrogen) atoms. The second-order valence-corrected chi connectivity index (χ2v) is 8.73. The Morgan fingerprint density at radius 2 is 2.05 bits per heavy atom. The van der Waals surface area contributed by atoms with Crippen molar-refractivity contribution in [1.29, 1.82) is 0 Å². The van der Waals surface area contributed by atoms with Crippen LogP contribution in [0.4, 0.5) is 10.8 Å². The zero-order chi connectivity index (χ0) is 15.1. The monoisotopic (exact) mass is 318 g/mol. The Labute approximate surface area is 124 Å². The highest BCUT2D eigenvalue weighted by Crippen LogP contribution is 2.37. The van der Waals surface area contributed by atoms with E-state index in [1.165, 1.54) is 11.5 Å². The minimum atomic E-state index is -3.35. The van der Waals surface area contributed by atoms with E-state index in [4.69, 9.17) is 5.73 Å². The average Bonchev–Trinajstić information content (AvgIpc) is 2.75. The maximum atomic E-state index is 12.2. The third-order valence-electron chi connectivity index (χ3n) is 3.95. The molecule has 0 saturated carbocycles. The zero-order valence-corrected chi connectivity index (χ0v) is 14.0. The van der Waals surface area contributed by atoms with E-state index in [9.17, 15) is 8.42 Å². The van der Waals surface area contributed by atoms with E-state index in [1.807, 2.05) is 0 Å². The van der Waals surface area contributed by atoms with Gasteiger partial charge in [-0.1, -0.05) is 6.92 Å². The summed E-state index contributed by atoms with van der Waals surface area (Å²) in [6.07, 6.45) is 0. The number of nitrogens with two attached hydrogens (primary N) is 1. The maximum absolute atomic E-state index is 12.2. The lowest BCUT2D eigenvalue weighted by molar-refractivity contribution is 0.139. The molecule has 0 aliphatic carbocycles. The van der Waals surface area contributed by atoms with Crippen LogP contribution >= 0.6 is 11.5 Å². The van der Waals surface area contributed by atoms with Crippen molar-refractivity contribution >= 4 is 32.2 Å². The summed E-state index contributed by atoms with van der Waals surface area (Å²) in [5, 5.41) is 0.686. The predicted octanol–water partition coefficient (Wildman–Crippen LogP) is 1.05. The van der Waals surface area contributed by atoms with Crippen molar-refractivity contribution in [1.82, 2.24) is 9.27 Å². The van der Waals surface area contributed by atoms with E-state index in [0.717, 1.165) is 19.6 Å². The van der Waals surface area contributed by atoms with Gasteiger partial charge in [0.2, 0.25) is 0 Å². The summed E-state index contributed by atoms with van der Waals surface area (Å²) in [5.41, 5.74) is 5.78. The van der Waals surface area contributed by atoms with Crippen molar-refractivity contribution in [2.24, 2.45) is 0 Å². The summed E-state index contributed by atoms with van der Waals surface area (Å²) in [6, 6.07) is 0. The van der Waals surface area contributed by atoms with Crippen LogP contribution in [0.15, 0.2) is 4.90 Å². The number of nitrogens with zero attached hydrogens (tertiary/aromatic N) is 3. The number of piperazine rings is 1. The van der Waals surface area contributed by atoms with Gasteiger partial charge in [0.15, 0.2) is 15.7 Å². The molecule has 0 bridgehead atoms. The molecular weight excluding hydrogens is 296 g/mol. The fourth-order valence-corrected chi connectivity index (χ4v) is 4.67. The molecule has 1 aliphatic heterocycles. The van der Waals surface area contributed by atoms with Crippen molar-refractivity contribution < 1.29 is 8.42 Å². The van der Waals surface area contributed by atoms with Crippen LogP contribution < -0.4 is 10.6 Å². The number of likely N-dealkylation sites (N-methyl/N-ethyl adjacent to an activating group) is 1. The van der Waals surface area contributed by atoms with Crippen molar-refractivity contribution in [2.75, 3.05) is 43.1 Å². The van der Waals surface area contributed by atoms with Gasteiger partial charge in [0.1, 0.15) is 9.90 Å². The van der Waals surface area contributed by atoms with Crippen molar-refractivity contribution in [3.05, 3.63) is 0 Å². The molecular formula is C12H22N4O2S2. The Kier molecular flexibility index (Phi) is 4.01. The largest absolute Gasteiger partial charge is 0.382 e. The molecule has 1 saturated heterocycles. The lowest BCUT2D eigenvalue weighted by atomic mass is 10.00. The Bertz CT molecular complexity index is 595. The highest BCUT2D eigenvalue weighted by atomic mass is 32.2. The fourth-order valence-electron chi connectivity index (χ4n) is 2.34. The van der Waals surface area contributed by atoms with Crippen LogP contribution in [-0.4, -0.2) is 55.7 Å². The second-order valence-electron chi connectivity index (χ2n) is 5.76. The smallest absolute Gasteiger partial charge is 0.184 e. The zero-order valence-electron chi connectivity index (χ0n) is 12.4. The first-order valence-electron chi connectivity index (χ1n) is 6.63. The normalized spacial score (nSPS) is 20.3. The van der Waals surface area contributed by atoms with E-state index in [-0.39, 0.29) is 22.0 Å². The second kappa shape index (κ2) is 5.16. The van der Waals surface area contributed by atoms with Crippen LogP contribution in [0, 0.1) is 0 Å². The highest BCUT2D eigenvalue weighted by molar-refractivity contribution is 7.91. The molecule has 0 radical (unpaired) electrons. The van der Waals surface area contributed by atoms with Gasteiger partial charge in [-0.3, -0.25) is 4.90 Å². The highest BCUT2D eigenvalue weighted by Gasteiger charge is 2.35. The summed E-state index contributed by atoms with van der Waals surface area (Å²) in [5.74, 6) is 0.170. The SMILES string of the molecule is CCS(=O)(=O)c1c(N)nsc1N1CCN(C)C(C)(C)C1. The fraction of sp³-hybridized carbons (Fsp3) is 0.750. The minimum Gasteiger partial charge on any atom is -0.382 e. The first-order chi connectivity index (χ1) is 9.19. The minimum absolute atomic E-state index is 0.00967. The molecule has 114 valence electrons. The Balaban J connectivity index is 2.41. The van der Waals surface area contributed by atoms with Crippen molar-refractivity contribution in [3.63, 3.8) is 0 Å². The molecule has 0 aromatic carbocycles. The molecule has 0 atom stereocenters. The van der Waals surface area contributed by atoms with Crippen LogP contribution in [0.2, 0.25) is 0 Å². The number of hydrogen-bond donors (Lipinski definition) is 1. The lowest BCUT2D eigenvalue weighted by Crippen LogP contribution is -2.57. The van der Waals surface area contributed by atoms with Crippen molar-refractivity contribution in [2.45, 2.75) is 31.2 Å². The first-order valence-corrected chi connectivity index (χ1v) is 9.05. The third kappa shape index (κ3) is 2.64. The number of sulfone groups is 1. The van der Waals surface area contributed by atoms with Gasteiger partial charge >= 0.3 is 0 Å². The molecule has 2 heterocycles. The predicted molar refractivity (Wildman–Crippen MR) is 83.2 cm³/mol. The van der Waals surface area contributed by atoms with Crippen LogP contribution in [0.25, 0.3) is 0 Å². The molecule has 6 nitrogen and oxygen atoms in total. The number of aromatic nitrogens is 1. The summed E-state index contributed by atoms with van der Waals surface area (Å²) < 4.78 is 28.5. The average molecular weight is 318 g/mol. The molecule has 0 spiro atoms. The number of nitrogen functional groups attached to an aromatic ring is 1. The number of anilines is 2. The Hall–Kier alpha value is -0.860. The van der Waals surface area contributed by atoms with Gasteiger partial charge in [-0.2, -0.15) is 4.37 Å². The standard InChI is InChI=1S/C12H22N4O2S2/c1-5-20(17,18)9-10(13)14-19-11(9)16-7-6-15(4)12(2,3)8-16/h5-8H2,1-4H3,(H2,13,14). The van der Waals surface area contributed by atoms with Gasteiger partial charge in [0.25, 0.3) is 0 Å². The third-order valence-corrected chi connectivity index (χ3v) is 6.79. The molecule has 8 heteroatoms. The van der Waals surface area contributed by atoms with Gasteiger partial charge in [0, 0.05) is 25.2 Å². The molecule has 2 rings (SSSR count). The van der Waals surface area contributed by atoms with Gasteiger partial charge in [-0.25, -0.2) is 8.42 Å². The van der Waals surface area contributed by atoms with Gasteiger partial charge < -0.3 is 10.6 Å². The van der Waals surface area contributed by atoms with Crippen LogP contribution in [0.3, 0.4) is 0 Å². The van der Waals surface area contributed by atoms with E-state index in [2.05, 4.69) is 35.1 Å². The van der Waals surface area contributed by atoms with Gasteiger partial charge in [0.05, 0.1) is 5.75 Å². The Morgan fingerprint density at radius 3 is 2.60 bits per heavy atom. The van der Waals surface area contributed by atoms with Crippen molar-refractivity contribution in [3.8, 4) is 0 Å². The van der Waals surface area contributed by atoms with E-state index in [1.54, 1.807) is 6.92 Å². The van der Waals surface area contributed by atoms with E-state index in [0.29, 0.717) is 5.00 Å². The van der Waals surface area contributed by atoms with Gasteiger partial charge in [-0.15, -0.1) is 0 Å². The van der Waals surface area contributed by atoms with E-state index < -0.39 is 9.84 Å². The summed E-state index contributed by atoms with van der Waals surface area (Å²) in [4.78, 5) is 4.59. The summed E-state index contributed by atoms with van der Waals surface area (Å²) in [7, 11) is -1.26. The van der Waals surface area contributed by atoms with Gasteiger partial charge in [-0.05, 0) is 32.4 Å². The van der Waals surface area contributed by atoms with E-state index >= 15 is 0 Å². The molecule has 1 aromatic rings. The molecule has 0 amide bonds. The lowest BCUT2D eigenvalue weighted by Gasteiger charge is -2.45. The molecule has 1 fully saturated rings. The summed E-state index contributed by atoms with van der Waals surface area (Å²) >= 11 is 1.18. The van der Waals surface area contributed by atoms with Crippen LogP contribution in [0.5, 0.6) is 0 Å². The molecule has 1 aromatic heterocycles. The first kappa shape index (κ1) is 15.5. The summed E-state index contributed by atoms with van der Waals surface area (Å²) in [6.45, 7) is 8.36. The number of rotatable bonds is 3.